The van der Waals surface area contributed by atoms with Crippen molar-refractivity contribution in [3.8, 4) is 5.75 Å². The Bertz CT molecular complexity index is 902. The van der Waals surface area contributed by atoms with Crippen LogP contribution in [0.4, 0.5) is 5.13 Å². The van der Waals surface area contributed by atoms with Crippen molar-refractivity contribution in [1.29, 1.82) is 0 Å². The number of hydrogen-bond acceptors (Lipinski definition) is 7. The van der Waals surface area contributed by atoms with Crippen LogP contribution in [0.15, 0.2) is 41.2 Å². The molecule has 1 aliphatic heterocycles. The van der Waals surface area contributed by atoms with Gasteiger partial charge in [-0.25, -0.2) is 9.97 Å². The summed E-state index contributed by atoms with van der Waals surface area (Å²) in [6.45, 7) is 5.39. The predicted molar refractivity (Wildman–Crippen MR) is 108 cm³/mol. The lowest BCUT2D eigenvalue weighted by molar-refractivity contribution is 0.0746. The van der Waals surface area contributed by atoms with Gasteiger partial charge in [-0.15, -0.1) is 22.7 Å². The first-order chi connectivity index (χ1) is 13.2. The Balaban J connectivity index is 1.36. The van der Waals surface area contributed by atoms with Crippen LogP contribution < -0.4 is 9.64 Å². The van der Waals surface area contributed by atoms with E-state index in [4.69, 9.17) is 4.74 Å². The summed E-state index contributed by atoms with van der Waals surface area (Å²) >= 11 is 3.24. The molecule has 1 fully saturated rings. The predicted octanol–water partition coefficient (Wildman–Crippen LogP) is 3.45. The van der Waals surface area contributed by atoms with Crippen LogP contribution in [0.3, 0.4) is 0 Å². The first-order valence-corrected chi connectivity index (χ1v) is 10.5. The van der Waals surface area contributed by atoms with Gasteiger partial charge in [0.2, 0.25) is 0 Å². The molecule has 6 nitrogen and oxygen atoms in total. The molecule has 0 saturated carbocycles. The number of carbonyl (C=O) groups is 1. The van der Waals surface area contributed by atoms with Gasteiger partial charge in [-0.1, -0.05) is 6.07 Å². The molecule has 2 aromatic heterocycles. The molecule has 1 saturated heterocycles. The summed E-state index contributed by atoms with van der Waals surface area (Å²) in [5.74, 6) is 0.733. The molecule has 0 unspecified atom stereocenters. The number of aryl methyl sites for hydroxylation is 1. The van der Waals surface area contributed by atoms with Crippen molar-refractivity contribution in [2.24, 2.45) is 0 Å². The van der Waals surface area contributed by atoms with Crippen LogP contribution in [0.2, 0.25) is 0 Å². The average molecular weight is 401 g/mol. The zero-order valence-corrected chi connectivity index (χ0v) is 16.6. The second kappa shape index (κ2) is 8.06. The number of ether oxygens (including phenoxy) is 1. The number of anilines is 1. The molecule has 27 heavy (non-hydrogen) atoms. The molecule has 0 radical (unpaired) electrons. The van der Waals surface area contributed by atoms with Gasteiger partial charge in [-0.3, -0.25) is 4.79 Å². The first kappa shape index (κ1) is 17.9. The van der Waals surface area contributed by atoms with E-state index in [1.807, 2.05) is 53.0 Å². The lowest BCUT2D eigenvalue weighted by atomic mass is 10.1. The van der Waals surface area contributed by atoms with E-state index in [0.29, 0.717) is 31.0 Å². The molecule has 0 bridgehead atoms. The van der Waals surface area contributed by atoms with Crippen LogP contribution in [0.1, 0.15) is 21.1 Å². The summed E-state index contributed by atoms with van der Waals surface area (Å²) in [7, 11) is 0. The zero-order chi connectivity index (χ0) is 18.6. The Morgan fingerprint density at radius 2 is 2.07 bits per heavy atom. The highest BCUT2D eigenvalue weighted by atomic mass is 32.1. The number of nitrogens with zero attached hydrogens (tertiary/aromatic N) is 4. The Morgan fingerprint density at radius 1 is 1.22 bits per heavy atom. The fraction of sp³-hybridized carbons (Fsp3) is 0.316. The second-order valence-corrected chi connectivity index (χ2v) is 8.20. The third-order valence-corrected chi connectivity index (χ3v) is 6.05. The van der Waals surface area contributed by atoms with Crippen LogP contribution in [-0.2, 0) is 6.61 Å². The van der Waals surface area contributed by atoms with Gasteiger partial charge >= 0.3 is 0 Å². The lowest BCUT2D eigenvalue weighted by Crippen LogP contribution is -2.48. The van der Waals surface area contributed by atoms with E-state index in [1.165, 1.54) is 0 Å². The van der Waals surface area contributed by atoms with Gasteiger partial charge in [0, 0.05) is 48.7 Å². The van der Waals surface area contributed by atoms with Crippen LogP contribution in [-0.4, -0.2) is 47.0 Å². The molecule has 8 heteroatoms. The number of carbonyl (C=O) groups excluding carboxylic acids is 1. The quantitative estimate of drug-likeness (QED) is 0.657. The molecule has 3 aromatic rings. The van der Waals surface area contributed by atoms with Crippen LogP contribution in [0.5, 0.6) is 5.75 Å². The molecule has 140 valence electrons. The number of thiazole rings is 2. The van der Waals surface area contributed by atoms with Crippen molar-refractivity contribution in [2.75, 3.05) is 31.1 Å². The average Bonchev–Trinajstić information content (AvgIpc) is 3.38. The number of piperazine rings is 1. The minimum absolute atomic E-state index is 0.0451. The summed E-state index contributed by atoms with van der Waals surface area (Å²) in [5.41, 5.74) is 1.57. The number of hydrogen-bond donors (Lipinski definition) is 0. The highest BCUT2D eigenvalue weighted by Gasteiger charge is 2.23. The van der Waals surface area contributed by atoms with Crippen molar-refractivity contribution < 1.29 is 9.53 Å². The molecule has 0 spiro atoms. The van der Waals surface area contributed by atoms with Crippen molar-refractivity contribution in [1.82, 2.24) is 14.9 Å². The molecule has 3 heterocycles. The van der Waals surface area contributed by atoms with E-state index in [-0.39, 0.29) is 5.91 Å². The van der Waals surface area contributed by atoms with E-state index >= 15 is 0 Å². The van der Waals surface area contributed by atoms with Gasteiger partial charge in [0.05, 0.1) is 10.7 Å². The Kier molecular flexibility index (Phi) is 5.35. The smallest absolute Gasteiger partial charge is 0.254 e. The maximum absolute atomic E-state index is 12.9. The highest BCUT2D eigenvalue weighted by molar-refractivity contribution is 7.13. The van der Waals surface area contributed by atoms with E-state index < -0.39 is 0 Å². The van der Waals surface area contributed by atoms with Crippen molar-refractivity contribution in [3.05, 3.63) is 57.5 Å². The molecule has 0 atom stereocenters. The molecule has 1 amide bonds. The molecule has 1 aromatic carbocycles. The van der Waals surface area contributed by atoms with Crippen molar-refractivity contribution >= 4 is 33.7 Å². The fourth-order valence-corrected chi connectivity index (χ4v) is 4.30. The maximum atomic E-state index is 12.9. The Morgan fingerprint density at radius 3 is 2.78 bits per heavy atom. The summed E-state index contributed by atoms with van der Waals surface area (Å²) in [5, 5.41) is 6.02. The van der Waals surface area contributed by atoms with Gasteiger partial charge in [0.15, 0.2) is 5.13 Å². The summed E-state index contributed by atoms with van der Waals surface area (Å²) in [6, 6.07) is 7.39. The normalized spacial score (nSPS) is 14.4. The largest absolute Gasteiger partial charge is 0.487 e. The third kappa shape index (κ3) is 4.28. The Hall–Kier alpha value is -2.45. The number of amides is 1. The van der Waals surface area contributed by atoms with E-state index in [1.54, 1.807) is 22.7 Å². The van der Waals surface area contributed by atoms with E-state index in [2.05, 4.69) is 14.9 Å². The van der Waals surface area contributed by atoms with Gasteiger partial charge in [-0.2, -0.15) is 0 Å². The molecule has 0 N–H and O–H groups in total. The molecule has 4 rings (SSSR count). The summed E-state index contributed by atoms with van der Waals surface area (Å²) < 4.78 is 5.81. The van der Waals surface area contributed by atoms with Crippen LogP contribution in [0.25, 0.3) is 0 Å². The number of benzene rings is 1. The van der Waals surface area contributed by atoms with Gasteiger partial charge < -0.3 is 14.5 Å². The van der Waals surface area contributed by atoms with Gasteiger partial charge in [0.1, 0.15) is 12.4 Å². The lowest BCUT2D eigenvalue weighted by Gasteiger charge is -2.34. The number of aromatic nitrogens is 2. The summed E-state index contributed by atoms with van der Waals surface area (Å²) in [4.78, 5) is 25.7. The first-order valence-electron chi connectivity index (χ1n) is 8.76. The topological polar surface area (TPSA) is 58.6 Å². The van der Waals surface area contributed by atoms with E-state index in [0.717, 1.165) is 28.9 Å². The fourth-order valence-electron chi connectivity index (χ4n) is 3.01. The van der Waals surface area contributed by atoms with Crippen LogP contribution >= 0.6 is 22.7 Å². The minimum Gasteiger partial charge on any atom is -0.487 e. The molecule has 0 aliphatic carbocycles. The molecular formula is C19H20N4O2S2. The van der Waals surface area contributed by atoms with Crippen molar-refractivity contribution in [2.45, 2.75) is 13.5 Å². The second-order valence-electron chi connectivity index (χ2n) is 6.27. The van der Waals surface area contributed by atoms with Gasteiger partial charge in [0.25, 0.3) is 5.91 Å². The maximum Gasteiger partial charge on any atom is 0.254 e. The SMILES string of the molecule is Cc1nc(COc2cccc(C(=O)N3CCN(c4nccs4)CC3)c2)cs1. The highest BCUT2D eigenvalue weighted by Crippen LogP contribution is 2.21. The third-order valence-electron chi connectivity index (χ3n) is 4.39. The van der Waals surface area contributed by atoms with Crippen molar-refractivity contribution in [3.63, 3.8) is 0 Å². The zero-order valence-electron chi connectivity index (χ0n) is 15.0. The van der Waals surface area contributed by atoms with Crippen LogP contribution in [0, 0.1) is 6.92 Å². The van der Waals surface area contributed by atoms with Gasteiger partial charge in [-0.05, 0) is 25.1 Å². The van der Waals surface area contributed by atoms with E-state index in [9.17, 15) is 4.79 Å². The Labute approximate surface area is 166 Å². The standard InChI is InChI=1S/C19H20N4O2S2/c1-14-21-16(13-27-14)12-25-17-4-2-3-15(11-17)18(24)22-6-8-23(9-7-22)19-20-5-10-26-19/h2-5,10-11,13H,6-9,12H2,1H3. The molecular weight excluding hydrogens is 380 g/mol. The summed E-state index contributed by atoms with van der Waals surface area (Å²) in [6.07, 6.45) is 1.82. The number of rotatable bonds is 5. The molecule has 1 aliphatic rings. The monoisotopic (exact) mass is 400 g/mol. The minimum atomic E-state index is 0.0451.